The number of anilines is 1. The summed E-state index contributed by atoms with van der Waals surface area (Å²) < 4.78 is 5.75. The lowest BCUT2D eigenvalue weighted by Crippen LogP contribution is -2.57. The largest absolute Gasteiger partial charge is 0.454 e. The van der Waals surface area contributed by atoms with Gasteiger partial charge in [-0.05, 0) is 49.8 Å². The first-order valence-corrected chi connectivity index (χ1v) is 12.6. The number of hydroxylamine groups is 2. The smallest absolute Gasteiger partial charge is 0.303 e. The Balaban J connectivity index is 0.00000190. The molecule has 3 aliphatic carbocycles. The molecule has 1 aromatic rings. The fourth-order valence-electron chi connectivity index (χ4n) is 6.73. The summed E-state index contributed by atoms with van der Waals surface area (Å²) >= 11 is 0. The van der Waals surface area contributed by atoms with Crippen LogP contribution in [0.25, 0.3) is 0 Å². The second kappa shape index (κ2) is 11.7. The molecule has 37 heavy (non-hydrogen) atoms. The molecule has 2 aliphatic heterocycles. The molecule has 0 N–H and O–H groups in total. The zero-order chi connectivity index (χ0) is 24.7. The predicted octanol–water partition coefficient (Wildman–Crippen LogP) is 2.89. The minimum absolute atomic E-state index is 0. The van der Waals surface area contributed by atoms with Gasteiger partial charge in [-0.3, -0.25) is 24.1 Å². The number of ether oxygens (including phenoxy) is 1. The number of rotatable bonds is 7. The van der Waals surface area contributed by atoms with Crippen molar-refractivity contribution in [2.45, 2.75) is 39.2 Å². The molecule has 9 nitrogen and oxygen atoms in total. The SMILES string of the molecule is CC(=O)O[C@]12C=C(C)[C@H](C(C)C1)C1C(=O)N(OCCCN3CCN(c4ccccn4)CC3)C(=O)C12.Cl.Cl. The molecule has 2 amide bonds. The quantitative estimate of drug-likeness (QED) is 0.220. The molecule has 5 atom stereocenters. The number of esters is 1. The maximum Gasteiger partial charge on any atom is 0.303 e. The molecule has 0 spiro atoms. The Labute approximate surface area is 230 Å². The van der Waals surface area contributed by atoms with E-state index < -0.39 is 23.4 Å². The van der Waals surface area contributed by atoms with Crippen LogP contribution in [0.1, 0.15) is 33.6 Å². The van der Waals surface area contributed by atoms with Crippen molar-refractivity contribution < 1.29 is 24.0 Å². The summed E-state index contributed by atoms with van der Waals surface area (Å²) in [5, 5.41) is 0.962. The second-order valence-corrected chi connectivity index (χ2v) is 10.3. The lowest BCUT2D eigenvalue weighted by atomic mass is 9.54. The molecule has 11 heteroatoms. The van der Waals surface area contributed by atoms with E-state index in [1.165, 1.54) is 6.92 Å². The Hall–Kier alpha value is -2.20. The van der Waals surface area contributed by atoms with E-state index in [9.17, 15) is 14.4 Å². The molecule has 0 radical (unpaired) electrons. The summed E-state index contributed by atoms with van der Waals surface area (Å²) in [6.07, 6.45) is 4.97. The Morgan fingerprint density at radius 1 is 1.11 bits per heavy atom. The first-order chi connectivity index (χ1) is 16.8. The van der Waals surface area contributed by atoms with Gasteiger partial charge in [0, 0.05) is 45.8 Å². The van der Waals surface area contributed by atoms with Gasteiger partial charge >= 0.3 is 5.97 Å². The highest BCUT2D eigenvalue weighted by Gasteiger charge is 2.68. The standard InChI is InChI=1S/C26H34N4O5.2ClH/c1-17-15-26(35-19(3)31)16-18(2)21(17)22-23(26)25(33)30(24(22)32)34-14-6-9-28-10-12-29(13-11-28)20-7-4-5-8-27-20;;/h4-5,7-8,15,18,21-23H,6,9-14,16H2,1-3H3;2*1H/t18?,21-,22?,23?,26-;;/m1../s1. The minimum Gasteiger partial charge on any atom is -0.454 e. The Morgan fingerprint density at radius 3 is 2.46 bits per heavy atom. The molecule has 5 aliphatic rings. The highest BCUT2D eigenvalue weighted by Crippen LogP contribution is 2.58. The number of allylic oxidation sites excluding steroid dienone is 1. The van der Waals surface area contributed by atoms with E-state index in [1.54, 1.807) is 0 Å². The van der Waals surface area contributed by atoms with Crippen LogP contribution in [0.4, 0.5) is 5.82 Å². The van der Waals surface area contributed by atoms with Crippen molar-refractivity contribution in [3.05, 3.63) is 36.0 Å². The van der Waals surface area contributed by atoms with Crippen LogP contribution in [0, 0.1) is 23.7 Å². The summed E-state index contributed by atoms with van der Waals surface area (Å²) in [7, 11) is 0. The van der Waals surface area contributed by atoms with Crippen molar-refractivity contribution in [1.82, 2.24) is 14.9 Å². The van der Waals surface area contributed by atoms with Crippen molar-refractivity contribution in [2.24, 2.45) is 23.7 Å². The highest BCUT2D eigenvalue weighted by molar-refractivity contribution is 6.05. The van der Waals surface area contributed by atoms with E-state index in [1.807, 2.05) is 37.4 Å². The van der Waals surface area contributed by atoms with Gasteiger partial charge in [-0.1, -0.05) is 18.6 Å². The topological polar surface area (TPSA) is 92.3 Å². The van der Waals surface area contributed by atoms with Crippen LogP contribution in [0.2, 0.25) is 0 Å². The van der Waals surface area contributed by atoms with Crippen molar-refractivity contribution in [1.29, 1.82) is 0 Å². The van der Waals surface area contributed by atoms with Crippen molar-refractivity contribution in [3.8, 4) is 0 Å². The second-order valence-electron chi connectivity index (χ2n) is 10.3. The fourth-order valence-corrected chi connectivity index (χ4v) is 6.73. The van der Waals surface area contributed by atoms with Gasteiger partial charge in [0.2, 0.25) is 0 Å². The molecular weight excluding hydrogens is 519 g/mol. The summed E-state index contributed by atoms with van der Waals surface area (Å²) in [5.41, 5.74) is -0.0496. The van der Waals surface area contributed by atoms with Gasteiger partial charge in [0.05, 0.1) is 18.4 Å². The number of carbonyl (C=O) groups is 3. The van der Waals surface area contributed by atoms with Gasteiger partial charge in [-0.15, -0.1) is 24.8 Å². The van der Waals surface area contributed by atoms with Crippen molar-refractivity contribution >= 4 is 48.4 Å². The molecule has 3 heterocycles. The molecule has 2 saturated heterocycles. The molecule has 3 fully saturated rings. The van der Waals surface area contributed by atoms with Gasteiger partial charge in [0.25, 0.3) is 11.8 Å². The number of hydrogen-bond acceptors (Lipinski definition) is 8. The maximum absolute atomic E-state index is 13.3. The zero-order valence-corrected chi connectivity index (χ0v) is 23.1. The third-order valence-corrected chi connectivity index (χ3v) is 7.99. The molecule has 0 aromatic carbocycles. The van der Waals surface area contributed by atoms with E-state index in [0.29, 0.717) is 12.8 Å². The highest BCUT2D eigenvalue weighted by atomic mass is 35.5. The molecule has 1 saturated carbocycles. The number of nitrogens with zero attached hydrogens (tertiary/aromatic N) is 4. The summed E-state index contributed by atoms with van der Waals surface area (Å²) in [6.45, 7) is 10.2. The Kier molecular flexibility index (Phi) is 9.27. The van der Waals surface area contributed by atoms with Gasteiger partial charge in [0.1, 0.15) is 11.4 Å². The number of imide groups is 1. The average molecular weight is 556 g/mol. The maximum atomic E-state index is 13.3. The number of pyridine rings is 1. The van der Waals surface area contributed by atoms with Crippen LogP contribution in [0.3, 0.4) is 0 Å². The van der Waals surface area contributed by atoms with Crippen molar-refractivity contribution in [3.63, 3.8) is 0 Å². The summed E-state index contributed by atoms with van der Waals surface area (Å²) in [5.74, 6) is -1.25. The molecular formula is C26H36Cl2N4O5. The van der Waals surface area contributed by atoms with Crippen LogP contribution in [-0.4, -0.2) is 77.7 Å². The van der Waals surface area contributed by atoms with E-state index in [4.69, 9.17) is 9.57 Å². The van der Waals surface area contributed by atoms with Crippen LogP contribution in [0.5, 0.6) is 0 Å². The van der Waals surface area contributed by atoms with Crippen LogP contribution < -0.4 is 4.90 Å². The zero-order valence-electron chi connectivity index (χ0n) is 21.5. The van der Waals surface area contributed by atoms with Crippen molar-refractivity contribution in [2.75, 3.05) is 44.2 Å². The minimum atomic E-state index is -1.06. The molecule has 1 aromatic heterocycles. The van der Waals surface area contributed by atoms with E-state index >= 15 is 0 Å². The molecule has 3 unspecified atom stereocenters. The van der Waals surface area contributed by atoms with Crippen LogP contribution in [-0.2, 0) is 24.0 Å². The third-order valence-electron chi connectivity index (χ3n) is 7.99. The lowest BCUT2D eigenvalue weighted by molar-refractivity contribution is -0.191. The predicted molar refractivity (Wildman–Crippen MR) is 142 cm³/mol. The fraction of sp³-hybridized carbons (Fsp3) is 0.615. The number of hydrogen-bond donors (Lipinski definition) is 0. The average Bonchev–Trinajstić information content (AvgIpc) is 3.08. The first kappa shape index (κ1) is 29.4. The van der Waals surface area contributed by atoms with Crippen LogP contribution >= 0.6 is 24.8 Å². The third kappa shape index (κ3) is 5.37. The Morgan fingerprint density at radius 2 is 1.84 bits per heavy atom. The number of halogens is 2. The van der Waals surface area contributed by atoms with Gasteiger partial charge < -0.3 is 9.64 Å². The van der Waals surface area contributed by atoms with E-state index in [-0.39, 0.29) is 55.1 Å². The molecule has 6 rings (SSSR count). The monoisotopic (exact) mass is 554 g/mol. The van der Waals surface area contributed by atoms with E-state index in [2.05, 4.69) is 21.7 Å². The number of piperazine rings is 1. The number of fused-ring (bicyclic) bond motifs is 1. The summed E-state index contributed by atoms with van der Waals surface area (Å²) in [4.78, 5) is 53.4. The van der Waals surface area contributed by atoms with E-state index in [0.717, 1.165) is 49.2 Å². The lowest BCUT2D eigenvalue weighted by Gasteiger charge is -2.52. The van der Waals surface area contributed by atoms with Gasteiger partial charge in [-0.2, -0.15) is 5.06 Å². The Bertz CT molecular complexity index is 1030. The van der Waals surface area contributed by atoms with Crippen LogP contribution in [0.15, 0.2) is 36.0 Å². The normalized spacial score (nSPS) is 30.8. The first-order valence-electron chi connectivity index (χ1n) is 12.6. The number of carbonyl (C=O) groups excluding carboxylic acids is 3. The molecule has 204 valence electrons. The number of aromatic nitrogens is 1. The molecule has 2 bridgehead atoms. The number of amides is 2. The van der Waals surface area contributed by atoms with Gasteiger partial charge in [-0.25, -0.2) is 4.98 Å². The van der Waals surface area contributed by atoms with Gasteiger partial charge in [0.15, 0.2) is 0 Å². The summed E-state index contributed by atoms with van der Waals surface area (Å²) in [6, 6.07) is 5.95.